The van der Waals surface area contributed by atoms with Gasteiger partial charge >= 0.3 is 0 Å². The number of rotatable bonds is 6. The molecule has 1 amide bonds. The zero-order valence-corrected chi connectivity index (χ0v) is 17.4. The van der Waals surface area contributed by atoms with Crippen LogP contribution in [-0.4, -0.2) is 20.7 Å². The van der Waals surface area contributed by atoms with Crippen molar-refractivity contribution in [1.29, 1.82) is 0 Å². The maximum Gasteiger partial charge on any atom is 0.277 e. The molecule has 0 fully saturated rings. The van der Waals surface area contributed by atoms with Gasteiger partial charge in [-0.1, -0.05) is 54.1 Å². The van der Waals surface area contributed by atoms with E-state index in [1.807, 2.05) is 54.6 Å². The largest absolute Gasteiger partial charge is 0.296 e. The molecule has 0 aliphatic rings. The summed E-state index contributed by atoms with van der Waals surface area (Å²) in [7, 11) is 0. The van der Waals surface area contributed by atoms with Crippen LogP contribution < -0.4 is 10.9 Å². The van der Waals surface area contributed by atoms with Gasteiger partial charge in [-0.15, -0.1) is 11.3 Å². The lowest BCUT2D eigenvalue weighted by atomic mass is 10.1. The predicted octanol–water partition coefficient (Wildman–Crippen LogP) is 4.24. The van der Waals surface area contributed by atoms with E-state index in [-0.39, 0.29) is 11.3 Å². The molecule has 4 aromatic rings. The van der Waals surface area contributed by atoms with Gasteiger partial charge < -0.3 is 0 Å². The number of hydrogen-bond acceptors (Lipinski definition) is 5. The van der Waals surface area contributed by atoms with Crippen molar-refractivity contribution in [2.75, 3.05) is 5.32 Å². The summed E-state index contributed by atoms with van der Waals surface area (Å²) < 4.78 is 1.28. The fourth-order valence-electron chi connectivity index (χ4n) is 2.85. The van der Waals surface area contributed by atoms with Crippen molar-refractivity contribution in [3.8, 4) is 0 Å². The van der Waals surface area contributed by atoms with Crippen LogP contribution in [-0.2, 0) is 13.0 Å². The third-order valence-electron chi connectivity index (χ3n) is 4.34. The van der Waals surface area contributed by atoms with Crippen molar-refractivity contribution < 1.29 is 4.79 Å². The van der Waals surface area contributed by atoms with Crippen molar-refractivity contribution in [1.82, 2.24) is 14.8 Å². The quantitative estimate of drug-likeness (QED) is 0.490. The van der Waals surface area contributed by atoms with Gasteiger partial charge in [0.15, 0.2) is 5.13 Å². The molecule has 0 unspecified atom stereocenters. The topological polar surface area (TPSA) is 76.9 Å². The number of nitrogens with one attached hydrogen (secondary N) is 1. The highest BCUT2D eigenvalue weighted by Crippen LogP contribution is 2.22. The van der Waals surface area contributed by atoms with Crippen LogP contribution in [0, 0.1) is 0 Å². The standard InChI is InChI=1S/C22H17ClN4O2S/c23-17-8-6-15(7-9-17)12-18-13-24-22(30-18)25-21(29)19-10-11-20(28)27(26-19)14-16-4-2-1-3-5-16/h1-11,13H,12,14H2,(H,24,25,29). The molecule has 2 aromatic heterocycles. The van der Waals surface area contributed by atoms with E-state index < -0.39 is 5.91 Å². The summed E-state index contributed by atoms with van der Waals surface area (Å²) in [5, 5.41) is 8.13. The summed E-state index contributed by atoms with van der Waals surface area (Å²) in [5.41, 5.74) is 1.92. The van der Waals surface area contributed by atoms with Gasteiger partial charge in [-0.2, -0.15) is 5.10 Å². The molecule has 6 nitrogen and oxygen atoms in total. The van der Waals surface area contributed by atoms with Gasteiger partial charge in [-0.05, 0) is 29.3 Å². The molecule has 150 valence electrons. The summed E-state index contributed by atoms with van der Waals surface area (Å²) in [4.78, 5) is 30.0. The summed E-state index contributed by atoms with van der Waals surface area (Å²) in [6.07, 6.45) is 2.43. The fraction of sp³-hybridized carbons (Fsp3) is 0.0909. The van der Waals surface area contributed by atoms with Crippen LogP contribution in [0.15, 0.2) is 77.7 Å². The Kier molecular flexibility index (Phi) is 6.02. The molecule has 4 rings (SSSR count). The van der Waals surface area contributed by atoms with E-state index in [0.29, 0.717) is 23.1 Å². The first-order chi connectivity index (χ1) is 14.6. The van der Waals surface area contributed by atoms with Crippen LogP contribution in [0.2, 0.25) is 5.02 Å². The smallest absolute Gasteiger partial charge is 0.277 e. The Morgan fingerprint density at radius 3 is 2.53 bits per heavy atom. The molecule has 2 heterocycles. The second-order valence-corrected chi connectivity index (χ2v) is 8.14. The van der Waals surface area contributed by atoms with Crippen LogP contribution in [0.25, 0.3) is 0 Å². The van der Waals surface area contributed by atoms with Crippen molar-refractivity contribution in [3.63, 3.8) is 0 Å². The molecule has 2 aromatic carbocycles. The first-order valence-electron chi connectivity index (χ1n) is 9.19. The Labute approximate surface area is 181 Å². The van der Waals surface area contributed by atoms with Crippen LogP contribution in [0.1, 0.15) is 26.5 Å². The lowest BCUT2D eigenvalue weighted by Gasteiger charge is -2.07. The van der Waals surface area contributed by atoms with Gasteiger partial charge in [0.2, 0.25) is 0 Å². The van der Waals surface area contributed by atoms with Crippen LogP contribution in [0.3, 0.4) is 0 Å². The van der Waals surface area contributed by atoms with Gasteiger partial charge in [-0.25, -0.2) is 9.67 Å². The lowest BCUT2D eigenvalue weighted by Crippen LogP contribution is -2.26. The second-order valence-electron chi connectivity index (χ2n) is 6.59. The number of amides is 1. The monoisotopic (exact) mass is 436 g/mol. The Balaban J connectivity index is 1.45. The summed E-state index contributed by atoms with van der Waals surface area (Å²) in [6.45, 7) is 0.295. The van der Waals surface area contributed by atoms with E-state index in [1.165, 1.54) is 28.2 Å². The average Bonchev–Trinajstić information content (AvgIpc) is 3.19. The number of aromatic nitrogens is 3. The van der Waals surface area contributed by atoms with Gasteiger partial charge in [0, 0.05) is 28.6 Å². The van der Waals surface area contributed by atoms with Crippen LogP contribution in [0.5, 0.6) is 0 Å². The second kappa shape index (κ2) is 9.02. The Hall–Kier alpha value is -3.29. The molecule has 0 aliphatic carbocycles. The van der Waals surface area contributed by atoms with E-state index in [0.717, 1.165) is 16.0 Å². The third kappa shape index (κ3) is 5.00. The first-order valence-corrected chi connectivity index (χ1v) is 10.4. The molecule has 0 spiro atoms. The van der Waals surface area contributed by atoms with Gasteiger partial charge in [0.25, 0.3) is 11.5 Å². The van der Waals surface area contributed by atoms with E-state index in [4.69, 9.17) is 11.6 Å². The Morgan fingerprint density at radius 2 is 1.77 bits per heavy atom. The summed E-state index contributed by atoms with van der Waals surface area (Å²) >= 11 is 7.31. The number of hydrogen-bond donors (Lipinski definition) is 1. The van der Waals surface area contributed by atoms with Crippen molar-refractivity contribution in [3.05, 3.63) is 110 Å². The van der Waals surface area contributed by atoms with Crippen molar-refractivity contribution in [2.24, 2.45) is 0 Å². The number of carbonyl (C=O) groups is 1. The molecular formula is C22H17ClN4O2S. The molecule has 0 saturated carbocycles. The number of benzene rings is 2. The Morgan fingerprint density at radius 1 is 1.00 bits per heavy atom. The molecule has 30 heavy (non-hydrogen) atoms. The Bertz CT molecular complexity index is 1220. The highest BCUT2D eigenvalue weighted by Gasteiger charge is 2.13. The number of anilines is 1. The molecule has 0 bridgehead atoms. The van der Waals surface area contributed by atoms with Gasteiger partial charge in [-0.3, -0.25) is 14.9 Å². The summed E-state index contributed by atoms with van der Waals surface area (Å²) in [6, 6.07) is 19.9. The molecule has 1 N–H and O–H groups in total. The van der Waals surface area contributed by atoms with E-state index in [1.54, 1.807) is 6.20 Å². The van der Waals surface area contributed by atoms with E-state index in [9.17, 15) is 9.59 Å². The number of nitrogens with zero attached hydrogens (tertiary/aromatic N) is 3. The normalized spacial score (nSPS) is 10.7. The number of halogens is 1. The first kappa shape index (κ1) is 20.0. The molecule has 0 radical (unpaired) electrons. The highest BCUT2D eigenvalue weighted by molar-refractivity contribution is 7.15. The zero-order chi connectivity index (χ0) is 20.9. The fourth-order valence-corrected chi connectivity index (χ4v) is 3.82. The van der Waals surface area contributed by atoms with E-state index in [2.05, 4.69) is 15.4 Å². The van der Waals surface area contributed by atoms with Gasteiger partial charge in [0.05, 0.1) is 6.54 Å². The summed E-state index contributed by atoms with van der Waals surface area (Å²) in [5.74, 6) is -0.413. The van der Waals surface area contributed by atoms with E-state index >= 15 is 0 Å². The minimum Gasteiger partial charge on any atom is -0.296 e. The maximum atomic E-state index is 12.6. The van der Waals surface area contributed by atoms with Crippen molar-refractivity contribution >= 4 is 34.0 Å². The minimum atomic E-state index is -0.413. The third-order valence-corrected chi connectivity index (χ3v) is 5.50. The van der Waals surface area contributed by atoms with Crippen LogP contribution in [0.4, 0.5) is 5.13 Å². The zero-order valence-electron chi connectivity index (χ0n) is 15.8. The minimum absolute atomic E-state index is 0.153. The van der Waals surface area contributed by atoms with Crippen LogP contribution >= 0.6 is 22.9 Å². The molecule has 8 heteroatoms. The SMILES string of the molecule is O=C(Nc1ncc(Cc2ccc(Cl)cc2)s1)c1ccc(=O)n(Cc2ccccc2)n1. The lowest BCUT2D eigenvalue weighted by molar-refractivity contribution is 0.102. The molecule has 0 saturated heterocycles. The molecule has 0 aliphatic heterocycles. The molecular weight excluding hydrogens is 420 g/mol. The van der Waals surface area contributed by atoms with Gasteiger partial charge in [0.1, 0.15) is 5.69 Å². The number of thiazole rings is 1. The molecule has 0 atom stereocenters. The predicted molar refractivity (Wildman–Crippen MR) is 118 cm³/mol. The maximum absolute atomic E-state index is 12.6. The average molecular weight is 437 g/mol. The van der Waals surface area contributed by atoms with Crippen molar-refractivity contribution in [2.45, 2.75) is 13.0 Å². The number of carbonyl (C=O) groups excluding carboxylic acids is 1. The highest BCUT2D eigenvalue weighted by atomic mass is 35.5.